The van der Waals surface area contributed by atoms with Gasteiger partial charge in [0.1, 0.15) is 17.6 Å². The number of hydrogen-bond acceptors (Lipinski definition) is 5. The lowest BCUT2D eigenvalue weighted by molar-refractivity contribution is -0.00177. The number of fused-ring (bicyclic) bond motifs is 1. The minimum atomic E-state index is -1.59. The molecular formula is C21H26FN5O2. The second kappa shape index (κ2) is 8.16. The van der Waals surface area contributed by atoms with E-state index in [2.05, 4.69) is 20.6 Å². The summed E-state index contributed by atoms with van der Waals surface area (Å²) in [4.78, 5) is 21.4. The summed E-state index contributed by atoms with van der Waals surface area (Å²) in [5.74, 6) is 0.146. The van der Waals surface area contributed by atoms with Crippen LogP contribution < -0.4 is 10.6 Å². The number of nitrogens with zero attached hydrogens (tertiary/aromatic N) is 3. The Balaban J connectivity index is 1.91. The third kappa shape index (κ3) is 4.71. The Labute approximate surface area is 169 Å². The zero-order valence-corrected chi connectivity index (χ0v) is 17.0. The van der Waals surface area contributed by atoms with Gasteiger partial charge in [-0.2, -0.15) is 0 Å². The average Bonchev–Trinajstić information content (AvgIpc) is 3.08. The summed E-state index contributed by atoms with van der Waals surface area (Å²) in [5.41, 5.74) is 0.114. The Bertz CT molecular complexity index is 1010. The van der Waals surface area contributed by atoms with Crippen molar-refractivity contribution in [2.24, 2.45) is 0 Å². The fraction of sp³-hybridized carbons (Fsp3) is 0.381. The van der Waals surface area contributed by atoms with Gasteiger partial charge in [0.15, 0.2) is 0 Å². The van der Waals surface area contributed by atoms with Crippen molar-refractivity contribution in [1.82, 2.24) is 19.9 Å². The topological polar surface area (TPSA) is 92.1 Å². The first-order valence-electron chi connectivity index (χ1n) is 9.50. The van der Waals surface area contributed by atoms with E-state index in [-0.39, 0.29) is 12.6 Å². The Morgan fingerprint density at radius 2 is 2.07 bits per heavy atom. The summed E-state index contributed by atoms with van der Waals surface area (Å²) >= 11 is 0. The minimum Gasteiger partial charge on any atom is -0.387 e. The lowest BCUT2D eigenvalue weighted by atomic mass is 10.0. The van der Waals surface area contributed by atoms with Gasteiger partial charge >= 0.3 is 0 Å². The number of anilines is 1. The number of alkyl halides is 1. The van der Waals surface area contributed by atoms with Crippen LogP contribution in [-0.2, 0) is 0 Å². The predicted octanol–water partition coefficient (Wildman–Crippen LogP) is 3.08. The fourth-order valence-electron chi connectivity index (χ4n) is 2.87. The van der Waals surface area contributed by atoms with Gasteiger partial charge in [-0.3, -0.25) is 9.36 Å². The van der Waals surface area contributed by atoms with E-state index >= 15 is 0 Å². The zero-order valence-electron chi connectivity index (χ0n) is 17.0. The molecule has 1 unspecified atom stereocenters. The van der Waals surface area contributed by atoms with E-state index in [4.69, 9.17) is 0 Å². The smallest absolute Gasteiger partial charge is 0.255 e. The minimum absolute atomic E-state index is 0.0710. The van der Waals surface area contributed by atoms with Crippen molar-refractivity contribution in [1.29, 1.82) is 0 Å². The van der Waals surface area contributed by atoms with Crippen LogP contribution in [0, 0.1) is 0 Å². The quantitative estimate of drug-likeness (QED) is 0.568. The maximum Gasteiger partial charge on any atom is 0.255 e. The number of rotatable bonds is 7. The van der Waals surface area contributed by atoms with E-state index in [1.807, 2.05) is 42.8 Å². The highest BCUT2D eigenvalue weighted by molar-refractivity contribution is 5.99. The van der Waals surface area contributed by atoms with Crippen LogP contribution in [0.4, 0.5) is 10.1 Å². The highest BCUT2D eigenvalue weighted by Gasteiger charge is 2.27. The predicted molar refractivity (Wildman–Crippen MR) is 111 cm³/mol. The molecule has 0 fully saturated rings. The molecule has 3 aromatic heterocycles. The third-order valence-corrected chi connectivity index (χ3v) is 4.48. The SMILES string of the molecule is CC(C)Nc1cc(-n2ccc3cccnc32)ncc1C(=O)NCC(F)C(C)(C)O. The summed E-state index contributed by atoms with van der Waals surface area (Å²) in [5, 5.41) is 16.5. The molecule has 3 aromatic rings. The van der Waals surface area contributed by atoms with E-state index in [0.29, 0.717) is 17.1 Å². The highest BCUT2D eigenvalue weighted by Crippen LogP contribution is 2.23. The van der Waals surface area contributed by atoms with Crippen molar-refractivity contribution >= 4 is 22.6 Å². The molecule has 1 atom stereocenters. The number of nitrogens with one attached hydrogen (secondary N) is 2. The van der Waals surface area contributed by atoms with E-state index < -0.39 is 17.7 Å². The number of hydrogen-bond donors (Lipinski definition) is 3. The van der Waals surface area contributed by atoms with Gasteiger partial charge < -0.3 is 15.7 Å². The van der Waals surface area contributed by atoms with Crippen molar-refractivity contribution in [3.8, 4) is 5.82 Å². The van der Waals surface area contributed by atoms with Gasteiger partial charge in [-0.05, 0) is 45.9 Å². The molecule has 3 N–H and O–H groups in total. The molecule has 0 aliphatic carbocycles. The monoisotopic (exact) mass is 399 g/mol. The summed E-state index contributed by atoms with van der Waals surface area (Å²) in [6.45, 7) is 6.35. The molecular weight excluding hydrogens is 373 g/mol. The molecule has 0 aliphatic heterocycles. The molecule has 1 amide bonds. The maximum atomic E-state index is 14.0. The number of carbonyl (C=O) groups is 1. The van der Waals surface area contributed by atoms with Gasteiger partial charge in [0.05, 0.1) is 23.4 Å². The second-order valence-electron chi connectivity index (χ2n) is 7.82. The van der Waals surface area contributed by atoms with E-state index in [0.717, 1.165) is 11.0 Å². The summed E-state index contributed by atoms with van der Waals surface area (Å²) < 4.78 is 15.8. The summed E-state index contributed by atoms with van der Waals surface area (Å²) in [6, 6.07) is 7.61. The normalized spacial score (nSPS) is 12.9. The van der Waals surface area contributed by atoms with Crippen LogP contribution in [0.1, 0.15) is 38.1 Å². The largest absolute Gasteiger partial charge is 0.387 e. The molecule has 154 valence electrons. The third-order valence-electron chi connectivity index (χ3n) is 4.48. The lowest BCUT2D eigenvalue weighted by Gasteiger charge is -2.23. The van der Waals surface area contributed by atoms with Gasteiger partial charge in [-0.1, -0.05) is 0 Å². The molecule has 8 heteroatoms. The fourth-order valence-corrected chi connectivity index (χ4v) is 2.87. The maximum absolute atomic E-state index is 14.0. The molecule has 0 aliphatic rings. The molecule has 29 heavy (non-hydrogen) atoms. The van der Waals surface area contributed by atoms with Gasteiger partial charge in [0.25, 0.3) is 5.91 Å². The van der Waals surface area contributed by atoms with Gasteiger partial charge in [0, 0.05) is 36.1 Å². The van der Waals surface area contributed by atoms with Crippen molar-refractivity contribution in [3.63, 3.8) is 0 Å². The van der Waals surface area contributed by atoms with Gasteiger partial charge in [-0.25, -0.2) is 14.4 Å². The van der Waals surface area contributed by atoms with E-state index in [9.17, 15) is 14.3 Å². The van der Waals surface area contributed by atoms with Crippen LogP contribution in [0.15, 0.2) is 42.9 Å². The zero-order chi connectivity index (χ0) is 21.2. The number of halogens is 1. The molecule has 0 saturated carbocycles. The number of carbonyl (C=O) groups excluding carboxylic acids is 1. The standard InChI is InChI=1S/C21H26FN5O2/c1-13(2)26-16-10-18(27-9-7-14-6-5-8-23-19(14)27)24-11-15(16)20(28)25-12-17(22)21(3,4)29/h5-11,13,17,29H,12H2,1-4H3,(H,24,26)(H,25,28). The Hall–Kier alpha value is -3.00. The van der Waals surface area contributed by atoms with Crippen LogP contribution in [0.2, 0.25) is 0 Å². The first-order valence-corrected chi connectivity index (χ1v) is 9.50. The van der Waals surface area contributed by atoms with Crippen LogP contribution in [-0.4, -0.2) is 49.9 Å². The highest BCUT2D eigenvalue weighted by atomic mass is 19.1. The Morgan fingerprint density at radius 3 is 2.76 bits per heavy atom. The summed E-state index contributed by atoms with van der Waals surface area (Å²) in [6.07, 6.45) is 3.46. The number of pyridine rings is 2. The van der Waals surface area contributed by atoms with Gasteiger partial charge in [0.2, 0.25) is 0 Å². The first kappa shape index (κ1) is 20.7. The van der Waals surface area contributed by atoms with Crippen LogP contribution in [0.5, 0.6) is 0 Å². The molecule has 0 spiro atoms. The van der Waals surface area contributed by atoms with Crippen LogP contribution >= 0.6 is 0 Å². The molecule has 0 aromatic carbocycles. The molecule has 7 nitrogen and oxygen atoms in total. The second-order valence-corrected chi connectivity index (χ2v) is 7.82. The van der Waals surface area contributed by atoms with E-state index in [1.54, 1.807) is 12.3 Å². The van der Waals surface area contributed by atoms with Crippen LogP contribution in [0.3, 0.4) is 0 Å². The van der Waals surface area contributed by atoms with Crippen molar-refractivity contribution in [2.45, 2.75) is 45.5 Å². The number of aliphatic hydroxyl groups is 1. The number of amides is 1. The average molecular weight is 399 g/mol. The van der Waals surface area contributed by atoms with E-state index in [1.165, 1.54) is 20.0 Å². The van der Waals surface area contributed by atoms with Gasteiger partial charge in [-0.15, -0.1) is 0 Å². The summed E-state index contributed by atoms with van der Waals surface area (Å²) in [7, 11) is 0. The molecule has 0 bridgehead atoms. The first-order chi connectivity index (χ1) is 13.7. The lowest BCUT2D eigenvalue weighted by Crippen LogP contribution is -2.42. The van der Waals surface area contributed by atoms with Crippen molar-refractivity contribution < 1.29 is 14.3 Å². The molecule has 3 rings (SSSR count). The number of aromatic nitrogens is 3. The van der Waals surface area contributed by atoms with Crippen LogP contribution in [0.25, 0.3) is 16.9 Å². The molecule has 0 saturated heterocycles. The molecule has 3 heterocycles. The van der Waals surface area contributed by atoms with Crippen molar-refractivity contribution in [2.75, 3.05) is 11.9 Å². The Morgan fingerprint density at radius 1 is 1.31 bits per heavy atom. The Kier molecular flexibility index (Phi) is 5.83. The van der Waals surface area contributed by atoms with Crippen molar-refractivity contribution in [3.05, 3.63) is 48.4 Å². The molecule has 0 radical (unpaired) electrons.